The van der Waals surface area contributed by atoms with E-state index in [9.17, 15) is 0 Å². The lowest BCUT2D eigenvalue weighted by Crippen LogP contribution is -2.09. The van der Waals surface area contributed by atoms with Crippen LogP contribution in [0.25, 0.3) is 0 Å². The average Bonchev–Trinajstić information content (AvgIpc) is 2.04. The summed E-state index contributed by atoms with van der Waals surface area (Å²) in [7, 11) is 0. The van der Waals surface area contributed by atoms with Crippen LogP contribution in [0.2, 0.25) is 0 Å². The SMILES string of the molecule is C/C=C\[C@](C)(CC)CC=C=C(C)N. The topological polar surface area (TPSA) is 26.0 Å². The maximum absolute atomic E-state index is 5.49. The van der Waals surface area contributed by atoms with E-state index in [1.807, 2.05) is 13.0 Å². The molecule has 0 aromatic heterocycles. The highest BCUT2D eigenvalue weighted by Gasteiger charge is 2.15. The summed E-state index contributed by atoms with van der Waals surface area (Å²) in [5.41, 5.74) is 9.53. The molecule has 0 spiro atoms. The Morgan fingerprint density at radius 3 is 2.54 bits per heavy atom. The third-order valence-corrected chi connectivity index (χ3v) is 2.27. The lowest BCUT2D eigenvalue weighted by atomic mass is 9.84. The number of rotatable bonds is 4. The fourth-order valence-corrected chi connectivity index (χ4v) is 1.18. The first-order valence-corrected chi connectivity index (χ1v) is 4.85. The largest absolute Gasteiger partial charge is 0.396 e. The van der Waals surface area contributed by atoms with Crippen molar-refractivity contribution in [2.24, 2.45) is 11.1 Å². The molecule has 1 atom stereocenters. The van der Waals surface area contributed by atoms with E-state index in [1.54, 1.807) is 0 Å². The second kappa shape index (κ2) is 5.66. The van der Waals surface area contributed by atoms with E-state index in [2.05, 4.69) is 38.7 Å². The zero-order valence-corrected chi connectivity index (χ0v) is 9.22. The third-order valence-electron chi connectivity index (χ3n) is 2.27. The average molecular weight is 179 g/mol. The van der Waals surface area contributed by atoms with Gasteiger partial charge >= 0.3 is 0 Å². The van der Waals surface area contributed by atoms with Crippen LogP contribution in [0.3, 0.4) is 0 Å². The Kier molecular flexibility index (Phi) is 5.25. The Balaban J connectivity index is 4.38. The molecule has 0 heterocycles. The molecule has 0 saturated carbocycles. The summed E-state index contributed by atoms with van der Waals surface area (Å²) in [5, 5.41) is 0. The lowest BCUT2D eigenvalue weighted by molar-refractivity contribution is 0.417. The number of hydrogen-bond acceptors (Lipinski definition) is 1. The molecule has 2 N–H and O–H groups in total. The molecule has 0 fully saturated rings. The van der Waals surface area contributed by atoms with Crippen molar-refractivity contribution in [3.63, 3.8) is 0 Å². The number of allylic oxidation sites excluding steroid dienone is 3. The molecule has 0 amide bonds. The van der Waals surface area contributed by atoms with Crippen molar-refractivity contribution in [1.82, 2.24) is 0 Å². The van der Waals surface area contributed by atoms with Crippen LogP contribution >= 0.6 is 0 Å². The first kappa shape index (κ1) is 12.1. The smallest absolute Gasteiger partial charge is 0.0477 e. The van der Waals surface area contributed by atoms with Gasteiger partial charge in [-0.2, -0.15) is 0 Å². The van der Waals surface area contributed by atoms with Gasteiger partial charge < -0.3 is 5.73 Å². The maximum Gasteiger partial charge on any atom is 0.0477 e. The molecule has 0 aliphatic heterocycles. The molecule has 0 saturated heterocycles. The van der Waals surface area contributed by atoms with E-state index in [4.69, 9.17) is 5.73 Å². The lowest BCUT2D eigenvalue weighted by Gasteiger charge is -2.21. The van der Waals surface area contributed by atoms with Crippen LogP contribution < -0.4 is 5.73 Å². The van der Waals surface area contributed by atoms with Gasteiger partial charge in [-0.1, -0.05) is 26.0 Å². The van der Waals surface area contributed by atoms with Gasteiger partial charge in [0.1, 0.15) is 0 Å². The quantitative estimate of drug-likeness (QED) is 0.519. The molecule has 0 aromatic rings. The Morgan fingerprint density at radius 1 is 1.54 bits per heavy atom. The van der Waals surface area contributed by atoms with Gasteiger partial charge in [-0.15, -0.1) is 5.73 Å². The molecule has 0 aliphatic rings. The monoisotopic (exact) mass is 179 g/mol. The van der Waals surface area contributed by atoms with Crippen molar-refractivity contribution < 1.29 is 0 Å². The minimum Gasteiger partial charge on any atom is -0.396 e. The van der Waals surface area contributed by atoms with Crippen LogP contribution in [-0.4, -0.2) is 0 Å². The van der Waals surface area contributed by atoms with Gasteiger partial charge in [0.25, 0.3) is 0 Å². The molecule has 1 heteroatoms. The summed E-state index contributed by atoms with van der Waals surface area (Å²) >= 11 is 0. The van der Waals surface area contributed by atoms with Gasteiger partial charge in [0.05, 0.1) is 0 Å². The highest BCUT2D eigenvalue weighted by atomic mass is 14.5. The van der Waals surface area contributed by atoms with E-state index < -0.39 is 0 Å². The maximum atomic E-state index is 5.49. The number of nitrogens with two attached hydrogens (primary N) is 1. The molecule has 0 rings (SSSR count). The van der Waals surface area contributed by atoms with Crippen LogP contribution in [0.4, 0.5) is 0 Å². The highest BCUT2D eigenvalue weighted by Crippen LogP contribution is 2.27. The van der Waals surface area contributed by atoms with Crippen molar-refractivity contribution >= 4 is 0 Å². The summed E-state index contributed by atoms with van der Waals surface area (Å²) in [5.74, 6) is 0. The normalized spacial score (nSPS) is 15.1. The Hall–Kier alpha value is -0.940. The molecular formula is C12H21N. The predicted octanol–water partition coefficient (Wildman–Crippen LogP) is 3.39. The fraction of sp³-hybridized carbons (Fsp3) is 0.583. The van der Waals surface area contributed by atoms with Crippen LogP contribution in [0, 0.1) is 5.41 Å². The number of hydrogen-bond donors (Lipinski definition) is 1. The molecular weight excluding hydrogens is 158 g/mol. The van der Waals surface area contributed by atoms with E-state index in [0.717, 1.165) is 18.5 Å². The molecule has 0 aliphatic carbocycles. The Labute approximate surface area is 82.0 Å². The minimum atomic E-state index is 0.261. The van der Waals surface area contributed by atoms with Gasteiger partial charge in [0.2, 0.25) is 0 Å². The second-order valence-corrected chi connectivity index (χ2v) is 3.74. The van der Waals surface area contributed by atoms with E-state index >= 15 is 0 Å². The Morgan fingerprint density at radius 2 is 2.15 bits per heavy atom. The summed E-state index contributed by atoms with van der Waals surface area (Å²) in [6.45, 7) is 8.36. The van der Waals surface area contributed by atoms with Crippen molar-refractivity contribution in [3.8, 4) is 0 Å². The van der Waals surface area contributed by atoms with Crippen LogP contribution in [0.1, 0.15) is 40.5 Å². The van der Waals surface area contributed by atoms with Gasteiger partial charge in [-0.3, -0.25) is 0 Å². The van der Waals surface area contributed by atoms with Gasteiger partial charge in [-0.25, -0.2) is 0 Å². The summed E-state index contributed by atoms with van der Waals surface area (Å²) in [4.78, 5) is 0. The fourth-order valence-electron chi connectivity index (χ4n) is 1.18. The van der Waals surface area contributed by atoms with Gasteiger partial charge in [-0.05, 0) is 38.2 Å². The summed E-state index contributed by atoms with van der Waals surface area (Å²) < 4.78 is 0. The van der Waals surface area contributed by atoms with Gasteiger partial charge in [0, 0.05) is 5.70 Å². The minimum absolute atomic E-state index is 0.261. The van der Waals surface area contributed by atoms with Crippen LogP contribution in [-0.2, 0) is 0 Å². The first-order chi connectivity index (χ1) is 6.04. The highest BCUT2D eigenvalue weighted by molar-refractivity contribution is 5.01. The molecule has 0 radical (unpaired) electrons. The molecule has 13 heavy (non-hydrogen) atoms. The first-order valence-electron chi connectivity index (χ1n) is 4.85. The van der Waals surface area contributed by atoms with Crippen molar-refractivity contribution in [3.05, 3.63) is 29.7 Å². The van der Waals surface area contributed by atoms with Crippen LogP contribution in [0.15, 0.2) is 29.7 Å². The van der Waals surface area contributed by atoms with E-state index in [0.29, 0.717) is 0 Å². The standard InChI is InChI=1S/C12H21N/c1-5-9-12(4,6-2)10-7-8-11(3)13/h5,7,9H,6,10,13H2,1-4H3/b9-5-/t8?,12-/m0/s1. The Bertz CT molecular complexity index is 228. The van der Waals surface area contributed by atoms with Crippen molar-refractivity contribution in [2.45, 2.75) is 40.5 Å². The molecule has 0 unspecified atom stereocenters. The van der Waals surface area contributed by atoms with Gasteiger partial charge in [0.15, 0.2) is 0 Å². The summed E-state index contributed by atoms with van der Waals surface area (Å²) in [6.07, 6.45) is 8.52. The zero-order chi connectivity index (χ0) is 10.3. The van der Waals surface area contributed by atoms with Crippen molar-refractivity contribution in [2.75, 3.05) is 0 Å². The van der Waals surface area contributed by atoms with Crippen LogP contribution in [0.5, 0.6) is 0 Å². The summed E-state index contributed by atoms with van der Waals surface area (Å²) in [6, 6.07) is 0. The molecule has 0 aromatic carbocycles. The predicted molar refractivity (Wildman–Crippen MR) is 59.3 cm³/mol. The molecule has 1 nitrogen and oxygen atoms in total. The second-order valence-electron chi connectivity index (χ2n) is 3.74. The molecule has 0 bridgehead atoms. The van der Waals surface area contributed by atoms with E-state index in [1.165, 1.54) is 0 Å². The van der Waals surface area contributed by atoms with Crippen molar-refractivity contribution in [1.29, 1.82) is 0 Å². The zero-order valence-electron chi connectivity index (χ0n) is 9.22. The third kappa shape index (κ3) is 5.32. The van der Waals surface area contributed by atoms with E-state index in [-0.39, 0.29) is 5.41 Å². The molecule has 74 valence electrons.